The smallest absolute Gasteiger partial charge is 0.00104 e. The molecule has 1 nitrogen and oxygen atoms in total. The Morgan fingerprint density at radius 1 is 1.14 bits per heavy atom. The maximum Gasteiger partial charge on any atom is 0.00104 e. The molecular formula is C13H27N. The van der Waals surface area contributed by atoms with Crippen molar-refractivity contribution in [3.63, 3.8) is 0 Å². The zero-order valence-corrected chi connectivity index (χ0v) is 10.2. The first kappa shape index (κ1) is 12.0. The number of hydrogen-bond acceptors (Lipinski definition) is 1. The fourth-order valence-electron chi connectivity index (χ4n) is 2.33. The van der Waals surface area contributed by atoms with Gasteiger partial charge in [0, 0.05) is 6.04 Å². The molecule has 0 amide bonds. The molecule has 1 N–H and O–H groups in total. The van der Waals surface area contributed by atoms with Crippen molar-refractivity contribution in [3.8, 4) is 0 Å². The summed E-state index contributed by atoms with van der Waals surface area (Å²) >= 11 is 0. The van der Waals surface area contributed by atoms with Crippen LogP contribution in [0.1, 0.15) is 59.3 Å². The number of hydrogen-bond donors (Lipinski definition) is 1. The minimum Gasteiger partial charge on any atom is -0.314 e. The van der Waals surface area contributed by atoms with Crippen LogP contribution in [0.4, 0.5) is 0 Å². The van der Waals surface area contributed by atoms with Crippen LogP contribution in [0.3, 0.4) is 0 Å². The van der Waals surface area contributed by atoms with Crippen molar-refractivity contribution >= 4 is 0 Å². The Hall–Kier alpha value is -0.0400. The Morgan fingerprint density at radius 3 is 2.36 bits per heavy atom. The van der Waals surface area contributed by atoms with Gasteiger partial charge in [0.05, 0.1) is 0 Å². The van der Waals surface area contributed by atoms with Crippen molar-refractivity contribution < 1.29 is 0 Å². The van der Waals surface area contributed by atoms with E-state index in [9.17, 15) is 0 Å². The molecule has 1 saturated carbocycles. The van der Waals surface area contributed by atoms with Crippen LogP contribution in [-0.2, 0) is 0 Å². The molecule has 2 unspecified atom stereocenters. The quantitative estimate of drug-likeness (QED) is 0.615. The van der Waals surface area contributed by atoms with Crippen LogP contribution in [0.5, 0.6) is 0 Å². The third kappa shape index (κ3) is 4.00. The summed E-state index contributed by atoms with van der Waals surface area (Å²) < 4.78 is 0. The van der Waals surface area contributed by atoms with Crippen molar-refractivity contribution in [3.05, 3.63) is 0 Å². The van der Waals surface area contributed by atoms with Crippen molar-refractivity contribution in [1.29, 1.82) is 0 Å². The molecule has 0 heterocycles. The summed E-state index contributed by atoms with van der Waals surface area (Å²) in [7, 11) is 0. The fraction of sp³-hybridized carbons (Fsp3) is 1.00. The van der Waals surface area contributed by atoms with Gasteiger partial charge >= 0.3 is 0 Å². The highest BCUT2D eigenvalue weighted by Gasteiger charge is 2.29. The van der Waals surface area contributed by atoms with Crippen LogP contribution < -0.4 is 5.32 Å². The SMILES string of the molecule is CCCCCC1CCC1CNC(C)C. The van der Waals surface area contributed by atoms with Gasteiger partial charge in [-0.3, -0.25) is 0 Å². The minimum absolute atomic E-state index is 0.659. The van der Waals surface area contributed by atoms with Crippen molar-refractivity contribution in [2.45, 2.75) is 65.3 Å². The standard InChI is InChI=1S/C13H27N/c1-4-5-6-7-12-8-9-13(12)10-14-11(2)3/h11-14H,4-10H2,1-3H3. The van der Waals surface area contributed by atoms with E-state index in [2.05, 4.69) is 26.1 Å². The first-order chi connectivity index (χ1) is 6.74. The third-order valence-corrected chi connectivity index (χ3v) is 3.54. The summed E-state index contributed by atoms with van der Waals surface area (Å²) in [6.45, 7) is 8.03. The van der Waals surface area contributed by atoms with E-state index in [1.54, 1.807) is 0 Å². The van der Waals surface area contributed by atoms with E-state index in [4.69, 9.17) is 0 Å². The van der Waals surface area contributed by atoms with Gasteiger partial charge in [0.25, 0.3) is 0 Å². The first-order valence-electron chi connectivity index (χ1n) is 6.47. The maximum absolute atomic E-state index is 3.57. The van der Waals surface area contributed by atoms with Crippen molar-refractivity contribution in [2.75, 3.05) is 6.54 Å². The molecule has 0 aromatic heterocycles. The number of unbranched alkanes of at least 4 members (excludes halogenated alkanes) is 2. The lowest BCUT2D eigenvalue weighted by Gasteiger charge is -2.37. The van der Waals surface area contributed by atoms with Gasteiger partial charge in [-0.1, -0.05) is 46.5 Å². The zero-order valence-electron chi connectivity index (χ0n) is 10.2. The highest BCUT2D eigenvalue weighted by Crippen LogP contribution is 2.37. The van der Waals surface area contributed by atoms with Gasteiger partial charge in [0.1, 0.15) is 0 Å². The van der Waals surface area contributed by atoms with E-state index in [0.29, 0.717) is 6.04 Å². The molecule has 14 heavy (non-hydrogen) atoms. The Balaban J connectivity index is 2.03. The Bertz CT molecular complexity index is 142. The number of nitrogens with one attached hydrogen (secondary N) is 1. The van der Waals surface area contributed by atoms with Crippen LogP contribution in [0.25, 0.3) is 0 Å². The molecule has 1 heteroatoms. The fourth-order valence-corrected chi connectivity index (χ4v) is 2.33. The van der Waals surface area contributed by atoms with Crippen molar-refractivity contribution in [2.24, 2.45) is 11.8 Å². The molecule has 0 aromatic carbocycles. The summed E-state index contributed by atoms with van der Waals surface area (Å²) in [4.78, 5) is 0. The third-order valence-electron chi connectivity index (χ3n) is 3.54. The molecule has 0 radical (unpaired) electrons. The second-order valence-corrected chi connectivity index (χ2v) is 5.16. The molecule has 0 spiro atoms. The molecule has 1 rings (SSSR count). The largest absolute Gasteiger partial charge is 0.314 e. The molecule has 1 aliphatic carbocycles. The van der Waals surface area contributed by atoms with Crippen LogP contribution in [0, 0.1) is 11.8 Å². The highest BCUT2D eigenvalue weighted by molar-refractivity contribution is 4.82. The van der Waals surface area contributed by atoms with Gasteiger partial charge in [-0.15, -0.1) is 0 Å². The topological polar surface area (TPSA) is 12.0 Å². The molecule has 84 valence electrons. The second kappa shape index (κ2) is 6.44. The lowest BCUT2D eigenvalue weighted by Crippen LogP contribution is -2.37. The summed E-state index contributed by atoms with van der Waals surface area (Å²) in [6.07, 6.45) is 8.70. The van der Waals surface area contributed by atoms with Gasteiger partial charge in [0.2, 0.25) is 0 Å². The van der Waals surface area contributed by atoms with Crippen LogP contribution in [-0.4, -0.2) is 12.6 Å². The molecule has 1 aliphatic rings. The predicted octanol–water partition coefficient (Wildman–Crippen LogP) is 3.59. The predicted molar refractivity (Wildman–Crippen MR) is 63.5 cm³/mol. The van der Waals surface area contributed by atoms with Crippen LogP contribution >= 0.6 is 0 Å². The summed E-state index contributed by atoms with van der Waals surface area (Å²) in [5.41, 5.74) is 0. The lowest BCUT2D eigenvalue weighted by molar-refractivity contribution is 0.154. The van der Waals surface area contributed by atoms with Crippen LogP contribution in [0.2, 0.25) is 0 Å². The molecule has 0 aliphatic heterocycles. The summed E-state index contributed by atoms with van der Waals surface area (Å²) in [6, 6.07) is 0.659. The van der Waals surface area contributed by atoms with E-state index >= 15 is 0 Å². The highest BCUT2D eigenvalue weighted by atomic mass is 14.9. The van der Waals surface area contributed by atoms with Gasteiger partial charge in [-0.05, 0) is 31.2 Å². The Labute approximate surface area is 89.7 Å². The maximum atomic E-state index is 3.57. The minimum atomic E-state index is 0.659. The average Bonchev–Trinajstić information content (AvgIpc) is 2.10. The van der Waals surface area contributed by atoms with Gasteiger partial charge < -0.3 is 5.32 Å². The molecule has 1 fully saturated rings. The summed E-state index contributed by atoms with van der Waals surface area (Å²) in [5.74, 6) is 2.04. The molecule has 0 saturated heterocycles. The monoisotopic (exact) mass is 197 g/mol. The first-order valence-corrected chi connectivity index (χ1v) is 6.47. The second-order valence-electron chi connectivity index (χ2n) is 5.16. The molecular weight excluding hydrogens is 170 g/mol. The normalized spacial score (nSPS) is 26.6. The van der Waals surface area contributed by atoms with E-state index < -0.39 is 0 Å². The van der Waals surface area contributed by atoms with Gasteiger partial charge in [-0.2, -0.15) is 0 Å². The van der Waals surface area contributed by atoms with Crippen LogP contribution in [0.15, 0.2) is 0 Å². The van der Waals surface area contributed by atoms with Gasteiger partial charge in [-0.25, -0.2) is 0 Å². The number of rotatable bonds is 7. The molecule has 2 atom stereocenters. The van der Waals surface area contributed by atoms with E-state index in [0.717, 1.165) is 11.8 Å². The van der Waals surface area contributed by atoms with Crippen molar-refractivity contribution in [1.82, 2.24) is 5.32 Å². The molecule has 0 bridgehead atoms. The van der Waals surface area contributed by atoms with E-state index in [1.807, 2.05) is 0 Å². The van der Waals surface area contributed by atoms with Gasteiger partial charge in [0.15, 0.2) is 0 Å². The zero-order chi connectivity index (χ0) is 10.4. The summed E-state index contributed by atoms with van der Waals surface area (Å²) in [5, 5.41) is 3.57. The molecule has 0 aromatic rings. The Kier molecular flexibility index (Phi) is 5.54. The Morgan fingerprint density at radius 2 is 1.86 bits per heavy atom. The lowest BCUT2D eigenvalue weighted by atomic mass is 9.71. The van der Waals surface area contributed by atoms with E-state index in [1.165, 1.54) is 45.1 Å². The van der Waals surface area contributed by atoms with E-state index in [-0.39, 0.29) is 0 Å². The average molecular weight is 197 g/mol.